The zero-order chi connectivity index (χ0) is 21.7. The Morgan fingerprint density at radius 1 is 1.13 bits per heavy atom. The maximum atomic E-state index is 13.3. The molecule has 11 heteroatoms. The summed E-state index contributed by atoms with van der Waals surface area (Å²) in [5.74, 6) is 0.152. The predicted octanol–water partition coefficient (Wildman–Crippen LogP) is 5.29. The quantitative estimate of drug-likeness (QED) is 0.581. The first-order valence-corrected chi connectivity index (χ1v) is 12.4. The van der Waals surface area contributed by atoms with E-state index in [2.05, 4.69) is 4.99 Å². The molecule has 2 aliphatic heterocycles. The van der Waals surface area contributed by atoms with Crippen molar-refractivity contribution in [2.45, 2.75) is 24.0 Å². The highest BCUT2D eigenvalue weighted by Crippen LogP contribution is 2.41. The first-order valence-electron chi connectivity index (χ1n) is 8.85. The van der Waals surface area contributed by atoms with Gasteiger partial charge in [0.05, 0.1) is 39.9 Å². The largest absolute Gasteiger partial charge is 0.416 e. The number of rotatable bonds is 3. The van der Waals surface area contributed by atoms with Crippen LogP contribution >= 0.6 is 35.0 Å². The molecule has 4 rings (SSSR count). The van der Waals surface area contributed by atoms with Crippen LogP contribution in [0.3, 0.4) is 0 Å². The lowest BCUT2D eigenvalue weighted by Gasteiger charge is -2.28. The molecule has 160 valence electrons. The average molecular weight is 495 g/mol. The van der Waals surface area contributed by atoms with Gasteiger partial charge >= 0.3 is 6.18 Å². The van der Waals surface area contributed by atoms with Gasteiger partial charge in [-0.2, -0.15) is 13.2 Å². The minimum Gasteiger partial charge on any atom is -0.313 e. The lowest BCUT2D eigenvalue weighted by Crippen LogP contribution is -2.39. The number of aliphatic imine (C=N–C) groups is 1. The molecule has 0 saturated carbocycles. The molecule has 0 aliphatic carbocycles. The number of thioether (sulfide) groups is 1. The van der Waals surface area contributed by atoms with Gasteiger partial charge in [-0.15, -0.1) is 0 Å². The van der Waals surface area contributed by atoms with Crippen LogP contribution in [0.2, 0.25) is 10.0 Å². The first kappa shape index (κ1) is 21.8. The lowest BCUT2D eigenvalue weighted by molar-refractivity contribution is -0.137. The summed E-state index contributed by atoms with van der Waals surface area (Å²) >= 11 is 13.6. The van der Waals surface area contributed by atoms with E-state index < -0.39 is 33.7 Å². The standard InChI is InChI=1S/C19H15Cl2F3N2O2S2/c20-13-3-1-2-11(6-13)8-29-18-25-15-9-30(27,28)10-17(15)26(18)16-7-12(19(22,23)24)4-5-14(16)21/h1-7,15,17H,8-10H2/t15-,17-/m1/s1. The summed E-state index contributed by atoms with van der Waals surface area (Å²) in [6.07, 6.45) is -4.55. The molecule has 0 aromatic heterocycles. The Hall–Kier alpha value is -1.42. The lowest BCUT2D eigenvalue weighted by atomic mass is 10.1. The molecule has 0 spiro atoms. The Morgan fingerprint density at radius 3 is 2.60 bits per heavy atom. The van der Waals surface area contributed by atoms with Crippen molar-refractivity contribution in [3.8, 4) is 0 Å². The van der Waals surface area contributed by atoms with E-state index in [-0.39, 0.29) is 22.2 Å². The Balaban J connectivity index is 1.70. The molecule has 0 unspecified atom stereocenters. The molecule has 4 nitrogen and oxygen atoms in total. The smallest absolute Gasteiger partial charge is 0.313 e. The van der Waals surface area contributed by atoms with Crippen molar-refractivity contribution in [2.75, 3.05) is 16.4 Å². The van der Waals surface area contributed by atoms with Gasteiger partial charge in [-0.3, -0.25) is 4.99 Å². The second-order valence-electron chi connectivity index (χ2n) is 7.08. The zero-order valence-corrected chi connectivity index (χ0v) is 18.4. The normalized spacial score (nSPS) is 22.8. The van der Waals surface area contributed by atoms with Crippen molar-refractivity contribution in [3.63, 3.8) is 0 Å². The van der Waals surface area contributed by atoms with Crippen LogP contribution in [0.1, 0.15) is 11.1 Å². The molecule has 2 aromatic carbocycles. The maximum absolute atomic E-state index is 13.3. The minimum atomic E-state index is -4.55. The Bertz CT molecular complexity index is 1120. The van der Waals surface area contributed by atoms with E-state index in [0.717, 1.165) is 17.7 Å². The summed E-state index contributed by atoms with van der Waals surface area (Å²) in [5.41, 5.74) is 0.161. The molecule has 0 bridgehead atoms. The fraction of sp³-hybridized carbons (Fsp3) is 0.316. The van der Waals surface area contributed by atoms with E-state index in [1.807, 2.05) is 6.07 Å². The van der Waals surface area contributed by atoms with Crippen molar-refractivity contribution in [1.82, 2.24) is 0 Å². The molecule has 30 heavy (non-hydrogen) atoms. The number of sulfone groups is 1. The molecule has 2 aliphatic rings. The van der Waals surface area contributed by atoms with Gasteiger partial charge in [-0.1, -0.05) is 47.1 Å². The van der Waals surface area contributed by atoms with E-state index in [0.29, 0.717) is 15.9 Å². The SMILES string of the molecule is O=S1(=O)C[C@@H]2[C@@H](C1)N=C(SCc1cccc(Cl)c1)N2c1cc(C(F)(F)F)ccc1Cl. The van der Waals surface area contributed by atoms with E-state index in [1.165, 1.54) is 17.8 Å². The summed E-state index contributed by atoms with van der Waals surface area (Å²) in [6, 6.07) is 9.12. The molecular formula is C19H15Cl2F3N2O2S2. The van der Waals surface area contributed by atoms with E-state index in [1.54, 1.807) is 23.1 Å². The molecule has 2 heterocycles. The topological polar surface area (TPSA) is 49.7 Å². The summed E-state index contributed by atoms with van der Waals surface area (Å²) in [6.45, 7) is 0. The number of benzene rings is 2. The Kier molecular flexibility index (Phi) is 5.76. The van der Waals surface area contributed by atoms with Crippen LogP contribution in [0.5, 0.6) is 0 Å². The van der Waals surface area contributed by atoms with Crippen LogP contribution in [-0.2, 0) is 21.8 Å². The third-order valence-corrected chi connectivity index (χ3v) is 8.19. The summed E-state index contributed by atoms with van der Waals surface area (Å²) < 4.78 is 64.1. The number of halogens is 5. The number of alkyl halides is 3. The van der Waals surface area contributed by atoms with Gasteiger partial charge < -0.3 is 4.90 Å². The predicted molar refractivity (Wildman–Crippen MR) is 115 cm³/mol. The van der Waals surface area contributed by atoms with Crippen molar-refractivity contribution in [1.29, 1.82) is 0 Å². The van der Waals surface area contributed by atoms with Gasteiger partial charge in [0.25, 0.3) is 0 Å². The minimum absolute atomic E-state index is 0.101. The van der Waals surface area contributed by atoms with Crippen LogP contribution in [0.25, 0.3) is 0 Å². The molecular weight excluding hydrogens is 480 g/mol. The number of fused-ring (bicyclic) bond motifs is 1. The average Bonchev–Trinajstić information content (AvgIpc) is 3.11. The van der Waals surface area contributed by atoms with Crippen LogP contribution in [0.4, 0.5) is 18.9 Å². The van der Waals surface area contributed by atoms with Gasteiger partial charge in [0, 0.05) is 10.8 Å². The van der Waals surface area contributed by atoms with Gasteiger partial charge in [0.1, 0.15) is 0 Å². The number of amidine groups is 1. The van der Waals surface area contributed by atoms with Crippen molar-refractivity contribution < 1.29 is 21.6 Å². The van der Waals surface area contributed by atoms with Gasteiger partial charge in [0.2, 0.25) is 0 Å². The monoisotopic (exact) mass is 494 g/mol. The van der Waals surface area contributed by atoms with E-state index in [4.69, 9.17) is 23.2 Å². The van der Waals surface area contributed by atoms with E-state index >= 15 is 0 Å². The van der Waals surface area contributed by atoms with Crippen molar-refractivity contribution in [2.24, 2.45) is 4.99 Å². The van der Waals surface area contributed by atoms with Gasteiger partial charge in [-0.25, -0.2) is 8.42 Å². The number of anilines is 1. The highest BCUT2D eigenvalue weighted by atomic mass is 35.5. The van der Waals surface area contributed by atoms with E-state index in [9.17, 15) is 21.6 Å². The molecule has 1 fully saturated rings. The molecule has 2 atom stereocenters. The maximum Gasteiger partial charge on any atom is 0.416 e. The Morgan fingerprint density at radius 2 is 1.90 bits per heavy atom. The molecule has 2 aromatic rings. The van der Waals surface area contributed by atoms with Crippen molar-refractivity contribution >= 4 is 55.7 Å². The molecule has 0 radical (unpaired) electrons. The van der Waals surface area contributed by atoms with Crippen LogP contribution in [0, 0.1) is 0 Å². The summed E-state index contributed by atoms with van der Waals surface area (Å²) in [7, 11) is -3.33. The zero-order valence-electron chi connectivity index (χ0n) is 15.2. The second-order valence-corrected chi connectivity index (χ2v) is 11.0. The van der Waals surface area contributed by atoms with Crippen LogP contribution in [-0.4, -0.2) is 37.2 Å². The summed E-state index contributed by atoms with van der Waals surface area (Å²) in [5, 5.41) is 1.12. The van der Waals surface area contributed by atoms with Crippen molar-refractivity contribution in [3.05, 3.63) is 63.6 Å². The first-order chi connectivity index (χ1) is 14.0. The summed E-state index contributed by atoms with van der Waals surface area (Å²) in [4.78, 5) is 6.07. The highest BCUT2D eigenvalue weighted by Gasteiger charge is 2.48. The third-order valence-electron chi connectivity index (χ3n) is 4.90. The third kappa shape index (κ3) is 4.44. The van der Waals surface area contributed by atoms with Gasteiger partial charge in [0.15, 0.2) is 15.0 Å². The van der Waals surface area contributed by atoms with Gasteiger partial charge in [-0.05, 0) is 35.9 Å². The fourth-order valence-electron chi connectivity index (χ4n) is 3.56. The molecule has 0 N–H and O–H groups in total. The molecule has 1 saturated heterocycles. The number of hydrogen-bond donors (Lipinski definition) is 0. The molecule has 0 amide bonds. The fourth-order valence-corrected chi connectivity index (χ4v) is 6.89. The Labute approximate surface area is 186 Å². The van der Waals surface area contributed by atoms with Crippen LogP contribution in [0.15, 0.2) is 47.5 Å². The van der Waals surface area contributed by atoms with Crippen LogP contribution < -0.4 is 4.90 Å². The number of nitrogens with zero attached hydrogens (tertiary/aromatic N) is 2. The number of hydrogen-bond acceptors (Lipinski definition) is 5. The highest BCUT2D eigenvalue weighted by molar-refractivity contribution is 8.13. The second kappa shape index (κ2) is 7.93.